The molecule has 0 aliphatic carbocycles. The predicted octanol–water partition coefficient (Wildman–Crippen LogP) is -0.311. The maximum Gasteiger partial charge on any atom is 0.353 e. The van der Waals surface area contributed by atoms with E-state index in [0.29, 0.717) is 5.82 Å². The second kappa shape index (κ2) is 2.70. The standard InChI is InChI=1S/C6H5N5O2/c12-6(13)4-3-5(9-8-4)11-2-1-7-10-11/h1-3H,(H,8,9)(H,12,13). The largest absolute Gasteiger partial charge is 0.477 e. The third-order valence-corrected chi connectivity index (χ3v) is 1.45. The van der Waals surface area contributed by atoms with Crippen LogP contribution in [0.15, 0.2) is 18.5 Å². The van der Waals surface area contributed by atoms with Crippen molar-refractivity contribution in [3.63, 3.8) is 0 Å². The van der Waals surface area contributed by atoms with Crippen molar-refractivity contribution >= 4 is 5.97 Å². The van der Waals surface area contributed by atoms with Crippen LogP contribution < -0.4 is 0 Å². The van der Waals surface area contributed by atoms with Crippen LogP contribution in [0.4, 0.5) is 0 Å². The van der Waals surface area contributed by atoms with Crippen molar-refractivity contribution in [2.45, 2.75) is 0 Å². The Hall–Kier alpha value is -2.18. The molecule has 0 aliphatic rings. The van der Waals surface area contributed by atoms with Gasteiger partial charge in [0.15, 0.2) is 5.82 Å². The highest BCUT2D eigenvalue weighted by Crippen LogP contribution is 2.03. The number of carboxylic acids is 1. The van der Waals surface area contributed by atoms with E-state index in [9.17, 15) is 4.79 Å². The van der Waals surface area contributed by atoms with Gasteiger partial charge in [-0.05, 0) is 0 Å². The first-order valence-electron chi connectivity index (χ1n) is 3.43. The molecule has 2 heterocycles. The molecule has 7 nitrogen and oxygen atoms in total. The normalized spacial score (nSPS) is 10.2. The molecule has 2 N–H and O–H groups in total. The Bertz CT molecular complexity index is 418. The Morgan fingerprint density at radius 1 is 1.62 bits per heavy atom. The monoisotopic (exact) mass is 179 g/mol. The number of nitrogens with zero attached hydrogens (tertiary/aromatic N) is 4. The number of rotatable bonds is 2. The second-order valence-corrected chi connectivity index (χ2v) is 2.29. The van der Waals surface area contributed by atoms with Crippen LogP contribution in [0.2, 0.25) is 0 Å². The maximum absolute atomic E-state index is 10.5. The molecule has 0 saturated carbocycles. The van der Waals surface area contributed by atoms with Gasteiger partial charge in [-0.25, -0.2) is 9.48 Å². The van der Waals surface area contributed by atoms with Crippen molar-refractivity contribution in [3.05, 3.63) is 24.2 Å². The lowest BCUT2D eigenvalue weighted by Crippen LogP contribution is -1.95. The fourth-order valence-corrected chi connectivity index (χ4v) is 0.868. The number of aromatic nitrogens is 5. The van der Waals surface area contributed by atoms with Crippen molar-refractivity contribution in [2.24, 2.45) is 0 Å². The van der Waals surface area contributed by atoms with Crippen LogP contribution in [0.5, 0.6) is 0 Å². The number of carboxylic acid groups (broad SMARTS) is 1. The van der Waals surface area contributed by atoms with E-state index in [0.717, 1.165) is 0 Å². The van der Waals surface area contributed by atoms with Crippen LogP contribution in [0.1, 0.15) is 10.5 Å². The summed E-state index contributed by atoms with van der Waals surface area (Å²) in [4.78, 5) is 10.5. The Morgan fingerprint density at radius 2 is 2.46 bits per heavy atom. The number of aromatic carboxylic acids is 1. The zero-order valence-electron chi connectivity index (χ0n) is 6.38. The fraction of sp³-hybridized carbons (Fsp3) is 0. The molecule has 0 spiro atoms. The fourth-order valence-electron chi connectivity index (χ4n) is 0.868. The van der Waals surface area contributed by atoms with Crippen molar-refractivity contribution in [1.82, 2.24) is 25.2 Å². The minimum Gasteiger partial charge on any atom is -0.477 e. The third-order valence-electron chi connectivity index (χ3n) is 1.45. The lowest BCUT2D eigenvalue weighted by Gasteiger charge is -1.88. The summed E-state index contributed by atoms with van der Waals surface area (Å²) in [6.07, 6.45) is 3.05. The van der Waals surface area contributed by atoms with Gasteiger partial charge in [0.2, 0.25) is 0 Å². The predicted molar refractivity (Wildman–Crippen MR) is 40.5 cm³/mol. The molecule has 2 aromatic rings. The Kier molecular flexibility index (Phi) is 1.55. The zero-order valence-corrected chi connectivity index (χ0v) is 6.38. The Balaban J connectivity index is 2.39. The van der Waals surface area contributed by atoms with E-state index in [1.165, 1.54) is 16.9 Å². The Labute approximate surface area is 72.0 Å². The molecule has 13 heavy (non-hydrogen) atoms. The van der Waals surface area contributed by atoms with Gasteiger partial charge in [-0.3, -0.25) is 5.10 Å². The van der Waals surface area contributed by atoms with Crippen LogP contribution in [0.3, 0.4) is 0 Å². The first-order valence-corrected chi connectivity index (χ1v) is 3.43. The summed E-state index contributed by atoms with van der Waals surface area (Å²) in [5.41, 5.74) is 0.0190. The van der Waals surface area contributed by atoms with E-state index in [1.807, 2.05) is 0 Å². The highest BCUT2D eigenvalue weighted by Gasteiger charge is 2.08. The van der Waals surface area contributed by atoms with Gasteiger partial charge in [0.05, 0.1) is 12.4 Å². The molecule has 0 atom stereocenters. The number of hydrogen-bond acceptors (Lipinski definition) is 4. The molecule has 0 amide bonds. The van der Waals surface area contributed by atoms with E-state index in [4.69, 9.17) is 5.11 Å². The summed E-state index contributed by atoms with van der Waals surface area (Å²) in [5.74, 6) is -0.659. The molecule has 0 saturated heterocycles. The van der Waals surface area contributed by atoms with Gasteiger partial charge in [-0.15, -0.1) is 5.10 Å². The minimum absolute atomic E-state index is 0.0190. The summed E-state index contributed by atoms with van der Waals surface area (Å²) in [6.45, 7) is 0. The lowest BCUT2D eigenvalue weighted by atomic mass is 10.4. The maximum atomic E-state index is 10.5. The van der Waals surface area contributed by atoms with Gasteiger partial charge in [0.1, 0.15) is 5.69 Å². The van der Waals surface area contributed by atoms with Crippen LogP contribution in [-0.4, -0.2) is 36.3 Å². The molecule has 7 heteroatoms. The number of aromatic amines is 1. The SMILES string of the molecule is O=C(O)c1cc(-n2ccnn2)n[nH]1. The molecule has 0 fully saturated rings. The highest BCUT2D eigenvalue weighted by atomic mass is 16.4. The van der Waals surface area contributed by atoms with Gasteiger partial charge in [0, 0.05) is 6.07 Å². The summed E-state index contributed by atoms with van der Waals surface area (Å²) in [5, 5.41) is 21.9. The van der Waals surface area contributed by atoms with Crippen LogP contribution in [-0.2, 0) is 0 Å². The molecule has 0 aliphatic heterocycles. The van der Waals surface area contributed by atoms with Gasteiger partial charge in [-0.2, -0.15) is 5.10 Å². The van der Waals surface area contributed by atoms with Crippen LogP contribution in [0.25, 0.3) is 5.82 Å². The number of nitrogens with one attached hydrogen (secondary N) is 1. The summed E-state index contributed by atoms with van der Waals surface area (Å²) >= 11 is 0. The summed E-state index contributed by atoms with van der Waals surface area (Å²) < 4.78 is 1.36. The third kappa shape index (κ3) is 1.26. The number of carbonyl (C=O) groups is 1. The van der Waals surface area contributed by atoms with Crippen LogP contribution >= 0.6 is 0 Å². The van der Waals surface area contributed by atoms with Gasteiger partial charge in [0.25, 0.3) is 0 Å². The van der Waals surface area contributed by atoms with E-state index in [-0.39, 0.29) is 5.69 Å². The molecule has 0 unspecified atom stereocenters. The van der Waals surface area contributed by atoms with Gasteiger partial charge in [-0.1, -0.05) is 5.21 Å². The minimum atomic E-state index is -1.06. The van der Waals surface area contributed by atoms with E-state index in [2.05, 4.69) is 20.5 Å². The second-order valence-electron chi connectivity index (χ2n) is 2.29. The average Bonchev–Trinajstić information content (AvgIpc) is 2.75. The molecule has 0 bridgehead atoms. The molecule has 66 valence electrons. The smallest absolute Gasteiger partial charge is 0.353 e. The molecule has 2 rings (SSSR count). The molecule has 0 aromatic carbocycles. The first kappa shape index (κ1) is 7.47. The number of hydrogen-bond donors (Lipinski definition) is 2. The van der Waals surface area contributed by atoms with Gasteiger partial charge >= 0.3 is 5.97 Å². The molecular formula is C6H5N5O2. The van der Waals surface area contributed by atoms with Crippen molar-refractivity contribution in [1.29, 1.82) is 0 Å². The lowest BCUT2D eigenvalue weighted by molar-refractivity contribution is 0.0690. The average molecular weight is 179 g/mol. The Morgan fingerprint density at radius 3 is 3.00 bits per heavy atom. The van der Waals surface area contributed by atoms with Crippen LogP contribution in [0, 0.1) is 0 Å². The molecule has 2 aromatic heterocycles. The van der Waals surface area contributed by atoms with E-state index in [1.54, 1.807) is 6.20 Å². The highest BCUT2D eigenvalue weighted by molar-refractivity contribution is 5.85. The van der Waals surface area contributed by atoms with E-state index < -0.39 is 5.97 Å². The summed E-state index contributed by atoms with van der Waals surface area (Å²) in [7, 11) is 0. The molecular weight excluding hydrogens is 174 g/mol. The van der Waals surface area contributed by atoms with Gasteiger partial charge < -0.3 is 5.11 Å². The first-order chi connectivity index (χ1) is 6.27. The molecule has 0 radical (unpaired) electrons. The van der Waals surface area contributed by atoms with E-state index >= 15 is 0 Å². The quantitative estimate of drug-likeness (QED) is 0.659. The van der Waals surface area contributed by atoms with Crippen molar-refractivity contribution in [3.8, 4) is 5.82 Å². The topological polar surface area (TPSA) is 96.7 Å². The summed E-state index contributed by atoms with van der Waals surface area (Å²) in [6, 6.07) is 1.37. The zero-order chi connectivity index (χ0) is 9.26. The number of H-pyrrole nitrogens is 1. The van der Waals surface area contributed by atoms with Crippen molar-refractivity contribution in [2.75, 3.05) is 0 Å². The van der Waals surface area contributed by atoms with Crippen molar-refractivity contribution < 1.29 is 9.90 Å².